The standard InChI is InChI=1S/C13H13FN2O4S/c1-2-8-3-6-12(20-8)13(17)16-11-5-4-9(7-10(11)14)21(15,18)19/h3-7H,2H2,1H3,(H,16,17)(H2,15,18,19). The number of nitrogens with one attached hydrogen (secondary N) is 1. The van der Waals surface area contributed by atoms with Crippen LogP contribution < -0.4 is 10.5 Å². The molecule has 0 aliphatic heterocycles. The van der Waals surface area contributed by atoms with Crippen LogP contribution in [0.15, 0.2) is 39.6 Å². The number of hydrogen-bond donors (Lipinski definition) is 2. The van der Waals surface area contributed by atoms with E-state index in [1.807, 2.05) is 6.92 Å². The van der Waals surface area contributed by atoms with Crippen LogP contribution >= 0.6 is 0 Å². The SMILES string of the molecule is CCc1ccc(C(=O)Nc2ccc(S(N)(=O)=O)cc2F)o1. The zero-order chi connectivity index (χ0) is 15.6. The predicted molar refractivity (Wildman–Crippen MR) is 73.8 cm³/mol. The summed E-state index contributed by atoms with van der Waals surface area (Å²) in [7, 11) is -3.99. The van der Waals surface area contributed by atoms with E-state index in [1.54, 1.807) is 6.07 Å². The van der Waals surface area contributed by atoms with Crippen LogP contribution in [0.5, 0.6) is 0 Å². The van der Waals surface area contributed by atoms with Crippen molar-refractivity contribution in [3.05, 3.63) is 47.7 Å². The first kappa shape index (κ1) is 15.2. The first-order valence-corrected chi connectivity index (χ1v) is 7.58. The molecule has 1 heterocycles. The monoisotopic (exact) mass is 312 g/mol. The van der Waals surface area contributed by atoms with E-state index in [2.05, 4.69) is 5.32 Å². The summed E-state index contributed by atoms with van der Waals surface area (Å²) in [6, 6.07) is 6.09. The van der Waals surface area contributed by atoms with Gasteiger partial charge in [0, 0.05) is 6.42 Å². The lowest BCUT2D eigenvalue weighted by atomic mass is 10.3. The van der Waals surface area contributed by atoms with Gasteiger partial charge in [-0.3, -0.25) is 4.79 Å². The molecule has 0 bridgehead atoms. The van der Waals surface area contributed by atoms with Crippen molar-refractivity contribution in [2.75, 3.05) is 5.32 Å². The maximum absolute atomic E-state index is 13.8. The van der Waals surface area contributed by atoms with Gasteiger partial charge in [-0.1, -0.05) is 6.92 Å². The van der Waals surface area contributed by atoms with Crippen molar-refractivity contribution >= 4 is 21.6 Å². The molecule has 0 unspecified atom stereocenters. The lowest BCUT2D eigenvalue weighted by Crippen LogP contribution is -2.15. The predicted octanol–water partition coefficient (Wildman–Crippen LogP) is 1.88. The van der Waals surface area contributed by atoms with E-state index < -0.39 is 21.7 Å². The minimum absolute atomic E-state index is 0.0433. The topological polar surface area (TPSA) is 102 Å². The molecule has 21 heavy (non-hydrogen) atoms. The van der Waals surface area contributed by atoms with Crippen molar-refractivity contribution in [2.45, 2.75) is 18.2 Å². The Bertz CT molecular complexity index is 783. The summed E-state index contributed by atoms with van der Waals surface area (Å²) in [6.07, 6.45) is 0.630. The first-order valence-electron chi connectivity index (χ1n) is 6.03. The second-order valence-electron chi connectivity index (χ2n) is 4.26. The van der Waals surface area contributed by atoms with Gasteiger partial charge in [-0.25, -0.2) is 17.9 Å². The van der Waals surface area contributed by atoms with Crippen molar-refractivity contribution in [1.29, 1.82) is 0 Å². The van der Waals surface area contributed by atoms with Gasteiger partial charge in [0.25, 0.3) is 5.91 Å². The molecule has 2 rings (SSSR count). The molecule has 0 saturated heterocycles. The van der Waals surface area contributed by atoms with Crippen LogP contribution in [0.4, 0.5) is 10.1 Å². The van der Waals surface area contributed by atoms with E-state index in [4.69, 9.17) is 9.56 Å². The highest BCUT2D eigenvalue weighted by molar-refractivity contribution is 7.89. The van der Waals surface area contributed by atoms with E-state index >= 15 is 0 Å². The Labute approximate surface area is 120 Å². The van der Waals surface area contributed by atoms with Gasteiger partial charge < -0.3 is 9.73 Å². The van der Waals surface area contributed by atoms with Crippen LogP contribution in [0.25, 0.3) is 0 Å². The molecule has 0 spiro atoms. The van der Waals surface area contributed by atoms with Gasteiger partial charge in [0.1, 0.15) is 11.6 Å². The second kappa shape index (κ2) is 5.66. The zero-order valence-corrected chi connectivity index (χ0v) is 11.9. The summed E-state index contributed by atoms with van der Waals surface area (Å²) < 4.78 is 41.2. The third-order valence-electron chi connectivity index (χ3n) is 2.75. The van der Waals surface area contributed by atoms with Gasteiger partial charge in [0.05, 0.1) is 10.6 Å². The highest BCUT2D eigenvalue weighted by Gasteiger charge is 2.15. The molecular formula is C13H13FN2O4S. The number of aryl methyl sites for hydroxylation is 1. The van der Waals surface area contributed by atoms with E-state index in [0.717, 1.165) is 18.2 Å². The maximum atomic E-state index is 13.8. The Morgan fingerprint density at radius 1 is 1.33 bits per heavy atom. The molecule has 1 aromatic heterocycles. The molecule has 0 atom stereocenters. The third-order valence-corrected chi connectivity index (χ3v) is 3.66. The number of nitrogens with two attached hydrogens (primary N) is 1. The normalized spacial score (nSPS) is 11.4. The number of carbonyl (C=O) groups excluding carboxylic acids is 1. The first-order chi connectivity index (χ1) is 9.81. The number of sulfonamides is 1. The molecule has 3 N–H and O–H groups in total. The van der Waals surface area contributed by atoms with E-state index in [0.29, 0.717) is 12.2 Å². The summed E-state index contributed by atoms with van der Waals surface area (Å²) in [5, 5.41) is 7.19. The Balaban J connectivity index is 2.22. The number of benzene rings is 1. The molecule has 0 radical (unpaired) electrons. The Morgan fingerprint density at radius 3 is 2.57 bits per heavy atom. The number of rotatable bonds is 4. The largest absolute Gasteiger partial charge is 0.456 e. The Morgan fingerprint density at radius 2 is 2.05 bits per heavy atom. The maximum Gasteiger partial charge on any atom is 0.291 e. The van der Waals surface area contributed by atoms with Crippen molar-refractivity contribution < 1.29 is 22.0 Å². The highest BCUT2D eigenvalue weighted by atomic mass is 32.2. The van der Waals surface area contributed by atoms with Crippen molar-refractivity contribution in [1.82, 2.24) is 0 Å². The quantitative estimate of drug-likeness (QED) is 0.899. The molecule has 0 aliphatic rings. The molecule has 1 amide bonds. The molecule has 0 fully saturated rings. The number of anilines is 1. The number of carbonyl (C=O) groups is 1. The van der Waals surface area contributed by atoms with Gasteiger partial charge in [-0.2, -0.15) is 0 Å². The molecule has 2 aromatic rings. The van der Waals surface area contributed by atoms with Crippen LogP contribution in [-0.4, -0.2) is 14.3 Å². The fraction of sp³-hybridized carbons (Fsp3) is 0.154. The average molecular weight is 312 g/mol. The molecule has 112 valence electrons. The third kappa shape index (κ3) is 3.47. The molecule has 0 saturated carbocycles. The second-order valence-corrected chi connectivity index (χ2v) is 5.82. The van der Waals surface area contributed by atoms with Crippen LogP contribution in [0, 0.1) is 5.82 Å². The number of furan rings is 1. The van der Waals surface area contributed by atoms with Crippen LogP contribution in [0.1, 0.15) is 23.2 Å². The number of primary sulfonamides is 1. The number of halogens is 1. The average Bonchev–Trinajstić information content (AvgIpc) is 2.88. The van der Waals surface area contributed by atoms with Crippen LogP contribution in [0.3, 0.4) is 0 Å². The van der Waals surface area contributed by atoms with Gasteiger partial charge in [0.2, 0.25) is 10.0 Å². The van der Waals surface area contributed by atoms with Crippen molar-refractivity contribution in [2.24, 2.45) is 5.14 Å². The smallest absolute Gasteiger partial charge is 0.291 e. The number of amides is 1. The summed E-state index contributed by atoms with van der Waals surface area (Å²) in [6.45, 7) is 1.87. The molecule has 6 nitrogen and oxygen atoms in total. The van der Waals surface area contributed by atoms with Crippen LogP contribution in [0.2, 0.25) is 0 Å². The number of hydrogen-bond acceptors (Lipinski definition) is 4. The summed E-state index contributed by atoms with van der Waals surface area (Å²) >= 11 is 0. The fourth-order valence-electron chi connectivity index (χ4n) is 1.65. The van der Waals surface area contributed by atoms with Gasteiger partial charge in [0.15, 0.2) is 5.76 Å². The van der Waals surface area contributed by atoms with Gasteiger partial charge in [-0.05, 0) is 30.3 Å². The van der Waals surface area contributed by atoms with E-state index in [9.17, 15) is 17.6 Å². The Kier molecular flexibility index (Phi) is 4.10. The Hall–Kier alpha value is -2.19. The minimum Gasteiger partial charge on any atom is -0.456 e. The molecular weight excluding hydrogens is 299 g/mol. The van der Waals surface area contributed by atoms with Crippen molar-refractivity contribution in [3.63, 3.8) is 0 Å². The van der Waals surface area contributed by atoms with E-state index in [-0.39, 0.29) is 16.3 Å². The zero-order valence-electron chi connectivity index (χ0n) is 11.1. The lowest BCUT2D eigenvalue weighted by Gasteiger charge is -2.06. The summed E-state index contributed by atoms with van der Waals surface area (Å²) in [4.78, 5) is 11.5. The summed E-state index contributed by atoms with van der Waals surface area (Å²) in [5.74, 6) is -0.860. The minimum atomic E-state index is -3.99. The molecule has 0 aliphatic carbocycles. The fourth-order valence-corrected chi connectivity index (χ4v) is 2.17. The lowest BCUT2D eigenvalue weighted by molar-refractivity contribution is 0.0994. The summed E-state index contributed by atoms with van der Waals surface area (Å²) in [5.41, 5.74) is -0.165. The molecule has 1 aromatic carbocycles. The van der Waals surface area contributed by atoms with Gasteiger partial charge >= 0.3 is 0 Å². The van der Waals surface area contributed by atoms with Crippen LogP contribution in [-0.2, 0) is 16.4 Å². The molecule has 8 heteroatoms. The van der Waals surface area contributed by atoms with E-state index in [1.165, 1.54) is 6.07 Å². The van der Waals surface area contributed by atoms with Crippen molar-refractivity contribution in [3.8, 4) is 0 Å². The highest BCUT2D eigenvalue weighted by Crippen LogP contribution is 2.19. The van der Waals surface area contributed by atoms with Gasteiger partial charge in [-0.15, -0.1) is 0 Å².